The Hall–Kier alpha value is -0.880. The summed E-state index contributed by atoms with van der Waals surface area (Å²) >= 11 is 0. The van der Waals surface area contributed by atoms with Crippen LogP contribution in [0.15, 0.2) is 4.52 Å². The summed E-state index contributed by atoms with van der Waals surface area (Å²) in [6.07, 6.45) is 0.453. The Morgan fingerprint density at radius 3 is 3.07 bits per heavy atom. The maximum absolute atomic E-state index is 11.4. The van der Waals surface area contributed by atoms with Crippen molar-refractivity contribution in [3.63, 3.8) is 0 Å². The summed E-state index contributed by atoms with van der Waals surface area (Å²) in [5, 5.41) is 6.78. The van der Waals surface area contributed by atoms with Crippen molar-refractivity contribution in [2.75, 3.05) is 12.8 Å². The van der Waals surface area contributed by atoms with Crippen molar-refractivity contribution in [2.24, 2.45) is 0 Å². The Balaban J connectivity index is 2.37. The summed E-state index contributed by atoms with van der Waals surface area (Å²) in [6.45, 7) is 0.550. The van der Waals surface area contributed by atoms with Crippen LogP contribution in [0.2, 0.25) is 0 Å². The monoisotopic (exact) mass is 216 g/mol. The van der Waals surface area contributed by atoms with Crippen molar-refractivity contribution in [3.8, 4) is 0 Å². The summed E-state index contributed by atoms with van der Waals surface area (Å²) in [5.74, 6) is 0.974. The average Bonchev–Trinajstić information content (AvgIpc) is 2.47. The van der Waals surface area contributed by atoms with Gasteiger partial charge in [-0.05, 0) is 7.05 Å². The first-order valence-electron chi connectivity index (χ1n) is 4.44. The number of nitrogens with zero attached hydrogens (tertiary/aromatic N) is 1. The zero-order chi connectivity index (χ0) is 10.2. The smallest absolute Gasteiger partial charge is 0.155 e. The van der Waals surface area contributed by atoms with Gasteiger partial charge in [-0.15, -0.1) is 0 Å². The van der Waals surface area contributed by atoms with E-state index in [1.54, 1.807) is 7.05 Å². The predicted octanol–water partition coefficient (Wildman–Crippen LogP) is -0.135. The van der Waals surface area contributed by atoms with Crippen molar-refractivity contribution in [1.29, 1.82) is 0 Å². The average molecular weight is 216 g/mol. The van der Waals surface area contributed by atoms with Crippen molar-refractivity contribution < 1.29 is 12.9 Å². The highest BCUT2D eigenvalue weighted by Gasteiger charge is 2.27. The van der Waals surface area contributed by atoms with Gasteiger partial charge in [0.05, 0.1) is 11.5 Å². The minimum Gasteiger partial charge on any atom is -0.361 e. The molecular formula is C8H12N2O3S. The first kappa shape index (κ1) is 9.67. The number of fused-ring (bicyclic) bond motifs is 1. The molecule has 6 heteroatoms. The number of aromatic nitrogens is 1. The third-order valence-corrected chi connectivity index (χ3v) is 3.85. The lowest BCUT2D eigenvalue weighted by Crippen LogP contribution is -2.19. The minimum absolute atomic E-state index is 0.0723. The fourth-order valence-corrected chi connectivity index (χ4v) is 3.00. The molecule has 14 heavy (non-hydrogen) atoms. The number of nitrogens with one attached hydrogen (secondary N) is 1. The van der Waals surface area contributed by atoms with Crippen LogP contribution >= 0.6 is 0 Å². The highest BCUT2D eigenvalue weighted by Crippen LogP contribution is 2.23. The van der Waals surface area contributed by atoms with Crippen LogP contribution in [-0.4, -0.2) is 26.4 Å². The molecule has 0 aliphatic carbocycles. The number of hydrogen-bond acceptors (Lipinski definition) is 5. The van der Waals surface area contributed by atoms with Gasteiger partial charge in [0.2, 0.25) is 0 Å². The molecule has 0 aromatic carbocycles. The van der Waals surface area contributed by atoms with Gasteiger partial charge in [-0.25, -0.2) is 8.42 Å². The Bertz CT molecular complexity index is 435. The number of aryl methyl sites for hydroxylation is 1. The van der Waals surface area contributed by atoms with Crippen molar-refractivity contribution in [1.82, 2.24) is 10.5 Å². The van der Waals surface area contributed by atoms with Gasteiger partial charge in [-0.2, -0.15) is 0 Å². The van der Waals surface area contributed by atoms with Crippen LogP contribution in [0.5, 0.6) is 0 Å². The van der Waals surface area contributed by atoms with E-state index in [0.29, 0.717) is 18.7 Å². The van der Waals surface area contributed by atoms with Gasteiger partial charge in [0.15, 0.2) is 9.84 Å². The molecule has 1 aliphatic heterocycles. The lowest BCUT2D eigenvalue weighted by atomic mass is 10.2. The molecule has 0 spiro atoms. The van der Waals surface area contributed by atoms with E-state index < -0.39 is 9.84 Å². The Morgan fingerprint density at radius 2 is 2.36 bits per heavy atom. The largest absolute Gasteiger partial charge is 0.361 e. The molecule has 2 rings (SSSR count). The highest BCUT2D eigenvalue weighted by atomic mass is 32.2. The van der Waals surface area contributed by atoms with E-state index in [1.165, 1.54) is 0 Å². The Labute approximate surface area is 82.4 Å². The summed E-state index contributed by atoms with van der Waals surface area (Å²) in [4.78, 5) is 0. The molecule has 0 fully saturated rings. The van der Waals surface area contributed by atoms with Crippen LogP contribution in [0, 0.1) is 0 Å². The number of rotatable bonds is 2. The highest BCUT2D eigenvalue weighted by molar-refractivity contribution is 7.90. The maximum atomic E-state index is 11.4. The Morgan fingerprint density at radius 1 is 1.57 bits per heavy atom. The van der Waals surface area contributed by atoms with E-state index in [-0.39, 0.29) is 11.5 Å². The van der Waals surface area contributed by atoms with Crippen LogP contribution in [0.1, 0.15) is 17.0 Å². The van der Waals surface area contributed by atoms with Gasteiger partial charge < -0.3 is 9.84 Å². The molecule has 0 saturated carbocycles. The second-order valence-electron chi connectivity index (χ2n) is 3.40. The summed E-state index contributed by atoms with van der Waals surface area (Å²) in [7, 11) is -1.14. The SMILES string of the molecule is CNCc1noc2c1CS(=O)(=O)CC2. The standard InChI is InChI=1S/C8H12N2O3S/c1-9-4-7-6-5-14(11,12)3-2-8(6)13-10-7/h9H,2-5H2,1H3. The first-order valence-corrected chi connectivity index (χ1v) is 6.26. The molecule has 2 heterocycles. The van der Waals surface area contributed by atoms with E-state index in [4.69, 9.17) is 4.52 Å². The Kier molecular flexibility index (Phi) is 2.32. The first-order chi connectivity index (χ1) is 6.62. The van der Waals surface area contributed by atoms with E-state index in [2.05, 4.69) is 10.5 Å². The quantitative estimate of drug-likeness (QED) is 0.745. The van der Waals surface area contributed by atoms with Crippen molar-refractivity contribution in [3.05, 3.63) is 17.0 Å². The maximum Gasteiger partial charge on any atom is 0.155 e. The molecule has 1 aliphatic rings. The minimum atomic E-state index is -2.93. The third kappa shape index (κ3) is 1.67. The van der Waals surface area contributed by atoms with Crippen molar-refractivity contribution in [2.45, 2.75) is 18.7 Å². The van der Waals surface area contributed by atoms with Crippen LogP contribution in [0.25, 0.3) is 0 Å². The van der Waals surface area contributed by atoms with Crippen LogP contribution in [-0.2, 0) is 28.6 Å². The van der Waals surface area contributed by atoms with Gasteiger partial charge in [0, 0.05) is 18.5 Å². The van der Waals surface area contributed by atoms with Gasteiger partial charge >= 0.3 is 0 Å². The number of sulfone groups is 1. The van der Waals surface area contributed by atoms with E-state index in [0.717, 1.165) is 11.3 Å². The molecule has 1 N–H and O–H groups in total. The van der Waals surface area contributed by atoms with Crippen molar-refractivity contribution >= 4 is 9.84 Å². The van der Waals surface area contributed by atoms with Gasteiger partial charge in [-0.1, -0.05) is 5.16 Å². The molecule has 78 valence electrons. The second-order valence-corrected chi connectivity index (χ2v) is 5.59. The van der Waals surface area contributed by atoms with Crippen LogP contribution in [0.4, 0.5) is 0 Å². The van der Waals surface area contributed by atoms with Gasteiger partial charge in [-0.3, -0.25) is 0 Å². The van der Waals surface area contributed by atoms with Crippen LogP contribution in [0.3, 0.4) is 0 Å². The third-order valence-electron chi connectivity index (χ3n) is 2.30. The van der Waals surface area contributed by atoms with E-state index in [1.807, 2.05) is 0 Å². The number of hydrogen-bond donors (Lipinski definition) is 1. The van der Waals surface area contributed by atoms with Crippen LogP contribution < -0.4 is 5.32 Å². The zero-order valence-electron chi connectivity index (χ0n) is 7.91. The van der Waals surface area contributed by atoms with E-state index >= 15 is 0 Å². The summed E-state index contributed by atoms with van der Waals surface area (Å²) < 4.78 is 27.8. The molecule has 1 aromatic rings. The molecule has 5 nitrogen and oxygen atoms in total. The molecule has 0 amide bonds. The molecule has 0 unspecified atom stereocenters. The summed E-state index contributed by atoms with van der Waals surface area (Å²) in [5.41, 5.74) is 1.47. The predicted molar refractivity (Wildman–Crippen MR) is 50.5 cm³/mol. The lowest BCUT2D eigenvalue weighted by Gasteiger charge is -2.10. The summed E-state index contributed by atoms with van der Waals surface area (Å²) in [6, 6.07) is 0. The molecular weight excluding hydrogens is 204 g/mol. The molecule has 0 radical (unpaired) electrons. The molecule has 0 saturated heterocycles. The zero-order valence-corrected chi connectivity index (χ0v) is 8.73. The molecule has 0 bridgehead atoms. The fourth-order valence-electron chi connectivity index (χ4n) is 1.59. The second kappa shape index (κ2) is 3.36. The fraction of sp³-hybridized carbons (Fsp3) is 0.625. The van der Waals surface area contributed by atoms with E-state index in [9.17, 15) is 8.42 Å². The lowest BCUT2D eigenvalue weighted by molar-refractivity contribution is 0.377. The van der Waals surface area contributed by atoms with Gasteiger partial charge in [0.1, 0.15) is 11.5 Å². The molecule has 0 atom stereocenters. The topological polar surface area (TPSA) is 72.2 Å². The van der Waals surface area contributed by atoms with Gasteiger partial charge in [0.25, 0.3) is 0 Å². The molecule has 1 aromatic heterocycles. The normalized spacial score (nSPS) is 19.2.